The van der Waals surface area contributed by atoms with E-state index >= 15 is 0 Å². The molecule has 0 fully saturated rings. The smallest absolute Gasteiger partial charge is 0.253 e. The SMILES string of the molecule is COc1ccc2[nH]c3c(c2c1)CC(NC(=O)c1ccc(Cl)cc1Cl)C3. The number of amides is 1. The third kappa shape index (κ3) is 2.96. The lowest BCUT2D eigenvalue weighted by molar-refractivity contribution is 0.0938. The van der Waals surface area contributed by atoms with Crippen molar-refractivity contribution in [3.05, 3.63) is 63.3 Å². The fraction of sp³-hybridized carbons (Fsp3) is 0.211. The molecule has 128 valence electrons. The van der Waals surface area contributed by atoms with E-state index in [-0.39, 0.29) is 11.9 Å². The van der Waals surface area contributed by atoms with E-state index in [4.69, 9.17) is 27.9 Å². The van der Waals surface area contributed by atoms with Crippen molar-refractivity contribution in [2.75, 3.05) is 7.11 Å². The molecule has 3 aromatic rings. The summed E-state index contributed by atoms with van der Waals surface area (Å²) in [5.41, 5.74) is 3.93. The number of hydrogen-bond donors (Lipinski definition) is 2. The normalized spacial score (nSPS) is 16.0. The molecule has 0 bridgehead atoms. The first-order chi connectivity index (χ1) is 12.0. The van der Waals surface area contributed by atoms with Crippen LogP contribution in [0.25, 0.3) is 10.9 Å². The summed E-state index contributed by atoms with van der Waals surface area (Å²) in [5.74, 6) is 0.647. The van der Waals surface area contributed by atoms with Gasteiger partial charge in [-0.2, -0.15) is 0 Å². The van der Waals surface area contributed by atoms with Crippen molar-refractivity contribution < 1.29 is 9.53 Å². The number of benzene rings is 2. The average Bonchev–Trinajstić information content (AvgIpc) is 3.11. The predicted octanol–water partition coefficient (Wildman–Crippen LogP) is 4.38. The number of carbonyl (C=O) groups excluding carboxylic acids is 1. The molecule has 6 heteroatoms. The predicted molar refractivity (Wildman–Crippen MR) is 100.0 cm³/mol. The lowest BCUT2D eigenvalue weighted by Gasteiger charge is -2.13. The molecule has 4 nitrogen and oxygen atoms in total. The molecule has 1 heterocycles. The summed E-state index contributed by atoms with van der Waals surface area (Å²) in [6.07, 6.45) is 1.54. The minimum Gasteiger partial charge on any atom is -0.497 e. The molecule has 1 atom stereocenters. The zero-order chi connectivity index (χ0) is 17.6. The Balaban J connectivity index is 1.54. The molecule has 0 aliphatic heterocycles. The summed E-state index contributed by atoms with van der Waals surface area (Å²) in [4.78, 5) is 15.9. The van der Waals surface area contributed by atoms with Crippen LogP contribution < -0.4 is 10.1 Å². The van der Waals surface area contributed by atoms with Crippen LogP contribution >= 0.6 is 23.2 Å². The van der Waals surface area contributed by atoms with Crippen molar-refractivity contribution in [2.45, 2.75) is 18.9 Å². The number of rotatable bonds is 3. The molecular weight excluding hydrogens is 359 g/mol. The summed E-state index contributed by atoms with van der Waals surface area (Å²) in [6.45, 7) is 0. The second-order valence-electron chi connectivity index (χ2n) is 6.20. The second kappa shape index (κ2) is 6.28. The fourth-order valence-corrected chi connectivity index (χ4v) is 3.92. The monoisotopic (exact) mass is 374 g/mol. The summed E-state index contributed by atoms with van der Waals surface area (Å²) < 4.78 is 5.31. The average molecular weight is 375 g/mol. The van der Waals surface area contributed by atoms with Crippen molar-refractivity contribution in [1.82, 2.24) is 10.3 Å². The van der Waals surface area contributed by atoms with Gasteiger partial charge in [-0.1, -0.05) is 23.2 Å². The Bertz CT molecular complexity index is 981. The zero-order valence-electron chi connectivity index (χ0n) is 13.5. The maximum absolute atomic E-state index is 12.5. The molecule has 1 aliphatic carbocycles. The van der Waals surface area contributed by atoms with E-state index in [9.17, 15) is 4.79 Å². The molecular formula is C19H16Cl2N2O2. The molecule has 2 N–H and O–H groups in total. The summed E-state index contributed by atoms with van der Waals surface area (Å²) in [5, 5.41) is 5.08. The number of halogens is 2. The van der Waals surface area contributed by atoms with Crippen LogP contribution in [0.15, 0.2) is 36.4 Å². The number of hydrogen-bond acceptors (Lipinski definition) is 2. The molecule has 0 spiro atoms. The minimum atomic E-state index is -0.182. The Kier molecular flexibility index (Phi) is 4.10. The van der Waals surface area contributed by atoms with Gasteiger partial charge in [0.25, 0.3) is 5.91 Å². The van der Waals surface area contributed by atoms with E-state index in [2.05, 4.69) is 10.3 Å². The van der Waals surface area contributed by atoms with Gasteiger partial charge < -0.3 is 15.0 Å². The largest absolute Gasteiger partial charge is 0.497 e. The topological polar surface area (TPSA) is 54.1 Å². The number of ether oxygens (including phenoxy) is 1. The maximum atomic E-state index is 12.5. The van der Waals surface area contributed by atoms with E-state index in [1.165, 1.54) is 5.56 Å². The molecule has 1 aromatic heterocycles. The van der Waals surface area contributed by atoms with Crippen LogP contribution in [0, 0.1) is 0 Å². The van der Waals surface area contributed by atoms with Crippen molar-refractivity contribution >= 4 is 40.0 Å². The lowest BCUT2D eigenvalue weighted by atomic mass is 10.1. The maximum Gasteiger partial charge on any atom is 0.253 e. The first-order valence-corrected chi connectivity index (χ1v) is 8.74. The summed E-state index contributed by atoms with van der Waals surface area (Å²) in [6, 6.07) is 10.9. The Morgan fingerprint density at radius 1 is 1.20 bits per heavy atom. The van der Waals surface area contributed by atoms with E-state index < -0.39 is 0 Å². The van der Waals surface area contributed by atoms with Gasteiger partial charge in [-0.25, -0.2) is 0 Å². The molecule has 4 rings (SSSR count). The van der Waals surface area contributed by atoms with E-state index in [1.54, 1.807) is 25.3 Å². The number of nitrogens with one attached hydrogen (secondary N) is 2. The standard InChI is InChI=1S/C19H16Cl2N2O2/c1-25-12-3-5-17-15(9-12)14-7-11(8-18(14)23-17)22-19(24)13-4-2-10(20)6-16(13)21/h2-6,9,11,23H,7-8H2,1H3,(H,22,24). The fourth-order valence-electron chi connectivity index (χ4n) is 3.42. The Morgan fingerprint density at radius 3 is 2.80 bits per heavy atom. The number of aromatic amines is 1. The van der Waals surface area contributed by atoms with Gasteiger partial charge in [0.05, 0.1) is 17.7 Å². The van der Waals surface area contributed by atoms with Crippen LogP contribution in [0.4, 0.5) is 0 Å². The van der Waals surface area contributed by atoms with Crippen LogP contribution in [0.1, 0.15) is 21.6 Å². The Morgan fingerprint density at radius 2 is 2.04 bits per heavy atom. The minimum absolute atomic E-state index is 0.0381. The van der Waals surface area contributed by atoms with Crippen molar-refractivity contribution in [3.63, 3.8) is 0 Å². The van der Waals surface area contributed by atoms with E-state index in [1.807, 2.05) is 18.2 Å². The van der Waals surface area contributed by atoms with Gasteiger partial charge in [0, 0.05) is 34.1 Å². The van der Waals surface area contributed by atoms with Crippen LogP contribution in [0.3, 0.4) is 0 Å². The molecule has 25 heavy (non-hydrogen) atoms. The quantitative estimate of drug-likeness (QED) is 0.714. The number of H-pyrrole nitrogens is 1. The highest BCUT2D eigenvalue weighted by Crippen LogP contribution is 2.32. The van der Waals surface area contributed by atoms with Gasteiger partial charge in [0.1, 0.15) is 5.75 Å². The van der Waals surface area contributed by atoms with Gasteiger partial charge in [0.2, 0.25) is 0 Å². The highest BCUT2D eigenvalue weighted by Gasteiger charge is 2.27. The molecule has 1 unspecified atom stereocenters. The molecule has 2 aromatic carbocycles. The highest BCUT2D eigenvalue weighted by molar-refractivity contribution is 6.36. The van der Waals surface area contributed by atoms with Gasteiger partial charge in [-0.15, -0.1) is 0 Å². The molecule has 0 radical (unpaired) electrons. The Labute approximate surface area is 155 Å². The van der Waals surface area contributed by atoms with Crippen LogP contribution in [0.2, 0.25) is 10.0 Å². The lowest BCUT2D eigenvalue weighted by Crippen LogP contribution is -2.35. The van der Waals surface area contributed by atoms with E-state index in [0.717, 1.165) is 35.2 Å². The number of carbonyl (C=O) groups is 1. The third-order valence-electron chi connectivity index (χ3n) is 4.61. The van der Waals surface area contributed by atoms with Gasteiger partial charge in [0.15, 0.2) is 0 Å². The van der Waals surface area contributed by atoms with Crippen LogP contribution in [0.5, 0.6) is 5.75 Å². The molecule has 0 saturated heterocycles. The van der Waals surface area contributed by atoms with Crippen molar-refractivity contribution in [3.8, 4) is 5.75 Å². The second-order valence-corrected chi connectivity index (χ2v) is 7.04. The third-order valence-corrected chi connectivity index (χ3v) is 5.16. The molecule has 0 saturated carbocycles. The van der Waals surface area contributed by atoms with Gasteiger partial charge in [-0.3, -0.25) is 4.79 Å². The van der Waals surface area contributed by atoms with Crippen molar-refractivity contribution in [2.24, 2.45) is 0 Å². The number of fused-ring (bicyclic) bond motifs is 3. The number of methoxy groups -OCH3 is 1. The highest BCUT2D eigenvalue weighted by atomic mass is 35.5. The van der Waals surface area contributed by atoms with Crippen LogP contribution in [-0.2, 0) is 12.8 Å². The van der Waals surface area contributed by atoms with Crippen LogP contribution in [-0.4, -0.2) is 24.0 Å². The first-order valence-electron chi connectivity index (χ1n) is 7.98. The number of aromatic nitrogens is 1. The summed E-state index contributed by atoms with van der Waals surface area (Å²) in [7, 11) is 1.66. The van der Waals surface area contributed by atoms with E-state index in [0.29, 0.717) is 15.6 Å². The van der Waals surface area contributed by atoms with Crippen molar-refractivity contribution in [1.29, 1.82) is 0 Å². The molecule has 1 aliphatic rings. The Hall–Kier alpha value is -2.17. The van der Waals surface area contributed by atoms with Gasteiger partial charge >= 0.3 is 0 Å². The van der Waals surface area contributed by atoms with Gasteiger partial charge in [-0.05, 0) is 48.4 Å². The summed E-state index contributed by atoms with van der Waals surface area (Å²) >= 11 is 12.0. The molecule has 1 amide bonds. The zero-order valence-corrected chi connectivity index (χ0v) is 15.0. The first kappa shape index (κ1) is 16.3.